The lowest BCUT2D eigenvalue weighted by molar-refractivity contribution is 0.102. The first-order chi connectivity index (χ1) is 14.3. The van der Waals surface area contributed by atoms with Gasteiger partial charge in [-0.15, -0.1) is 0 Å². The van der Waals surface area contributed by atoms with Gasteiger partial charge in [-0.2, -0.15) is 0 Å². The molecule has 0 unspecified atom stereocenters. The number of hydrogen-bond donors (Lipinski definition) is 1. The van der Waals surface area contributed by atoms with Crippen LogP contribution in [0.4, 0.5) is 11.4 Å². The summed E-state index contributed by atoms with van der Waals surface area (Å²) < 4.78 is 31.4. The second-order valence-electron chi connectivity index (χ2n) is 6.90. The van der Waals surface area contributed by atoms with Gasteiger partial charge in [-0.05, 0) is 54.4 Å². The van der Waals surface area contributed by atoms with E-state index in [0.717, 1.165) is 11.1 Å². The van der Waals surface area contributed by atoms with Crippen molar-refractivity contribution in [1.29, 1.82) is 0 Å². The molecule has 3 rings (SSSR count). The molecule has 156 valence electrons. The number of nitrogens with one attached hydrogen (secondary N) is 1. The van der Waals surface area contributed by atoms with E-state index in [2.05, 4.69) is 5.32 Å². The number of hydrogen-bond acceptors (Lipinski definition) is 4. The van der Waals surface area contributed by atoms with E-state index in [9.17, 15) is 13.2 Å². The Bertz CT molecular complexity index is 1140. The molecule has 0 saturated heterocycles. The van der Waals surface area contributed by atoms with Gasteiger partial charge in [-0.25, -0.2) is 8.42 Å². The molecular weight excluding hydrogens is 400 g/mol. The van der Waals surface area contributed by atoms with Crippen molar-refractivity contribution in [1.82, 2.24) is 0 Å². The van der Waals surface area contributed by atoms with E-state index < -0.39 is 10.0 Å². The molecule has 7 heteroatoms. The molecule has 3 aromatic carbocycles. The predicted molar refractivity (Wildman–Crippen MR) is 120 cm³/mol. The predicted octanol–water partition coefficient (Wildman–Crippen LogP) is 4.22. The molecule has 0 fully saturated rings. The van der Waals surface area contributed by atoms with Crippen molar-refractivity contribution in [3.63, 3.8) is 0 Å². The Balaban J connectivity index is 1.83. The van der Waals surface area contributed by atoms with Crippen LogP contribution in [0.1, 0.15) is 21.5 Å². The lowest BCUT2D eigenvalue weighted by Crippen LogP contribution is -2.29. The summed E-state index contributed by atoms with van der Waals surface area (Å²) in [6.45, 7) is 2.17. The van der Waals surface area contributed by atoms with Crippen molar-refractivity contribution < 1.29 is 17.9 Å². The summed E-state index contributed by atoms with van der Waals surface area (Å²) in [7, 11) is -1.97. The Kier molecular flexibility index (Phi) is 6.42. The molecule has 0 radical (unpaired) electrons. The van der Waals surface area contributed by atoms with Crippen molar-refractivity contribution >= 4 is 27.3 Å². The number of amides is 1. The van der Waals surface area contributed by atoms with Gasteiger partial charge in [-0.1, -0.05) is 36.4 Å². The fourth-order valence-corrected chi connectivity index (χ4v) is 3.94. The summed E-state index contributed by atoms with van der Waals surface area (Å²) in [5, 5.41) is 2.81. The first-order valence-electron chi connectivity index (χ1n) is 9.36. The number of anilines is 2. The van der Waals surface area contributed by atoms with Crippen LogP contribution in [0.25, 0.3) is 0 Å². The molecule has 0 aliphatic rings. The molecule has 0 aliphatic carbocycles. The van der Waals surface area contributed by atoms with Crippen molar-refractivity contribution in [2.45, 2.75) is 13.5 Å². The molecule has 0 aliphatic heterocycles. The van der Waals surface area contributed by atoms with Gasteiger partial charge in [0.15, 0.2) is 0 Å². The van der Waals surface area contributed by atoms with Gasteiger partial charge in [0.2, 0.25) is 10.0 Å². The van der Waals surface area contributed by atoms with Crippen LogP contribution in [0.3, 0.4) is 0 Å². The van der Waals surface area contributed by atoms with Crippen LogP contribution in [-0.2, 0) is 16.6 Å². The zero-order valence-corrected chi connectivity index (χ0v) is 17.9. The van der Waals surface area contributed by atoms with Gasteiger partial charge in [0, 0.05) is 5.56 Å². The number of sulfonamides is 1. The SMILES string of the molecule is COc1ccccc1NC(=O)c1ccc(N(Cc2ccccc2C)S(C)(=O)=O)cc1. The van der Waals surface area contributed by atoms with Crippen molar-refractivity contribution in [3.8, 4) is 5.75 Å². The Morgan fingerprint density at radius 2 is 1.60 bits per heavy atom. The number of rotatable bonds is 7. The summed E-state index contributed by atoms with van der Waals surface area (Å²) in [5.41, 5.74) is 3.40. The third kappa shape index (κ3) is 4.99. The van der Waals surface area contributed by atoms with Crippen LogP contribution in [-0.4, -0.2) is 27.7 Å². The molecule has 1 N–H and O–H groups in total. The van der Waals surface area contributed by atoms with Gasteiger partial charge >= 0.3 is 0 Å². The average Bonchev–Trinajstić information content (AvgIpc) is 2.73. The molecule has 0 spiro atoms. The zero-order chi connectivity index (χ0) is 21.7. The van der Waals surface area contributed by atoms with Gasteiger partial charge < -0.3 is 10.1 Å². The molecular formula is C23H24N2O4S. The topological polar surface area (TPSA) is 75.7 Å². The third-order valence-corrected chi connectivity index (χ3v) is 5.89. The maximum absolute atomic E-state index is 12.6. The van der Waals surface area contributed by atoms with E-state index in [0.29, 0.717) is 22.7 Å². The first-order valence-corrected chi connectivity index (χ1v) is 11.2. The number of para-hydroxylation sites is 2. The van der Waals surface area contributed by atoms with Gasteiger partial charge in [0.1, 0.15) is 5.75 Å². The number of benzene rings is 3. The van der Waals surface area contributed by atoms with Crippen LogP contribution >= 0.6 is 0 Å². The summed E-state index contributed by atoms with van der Waals surface area (Å²) in [4.78, 5) is 12.6. The van der Waals surface area contributed by atoms with Gasteiger partial charge in [-0.3, -0.25) is 9.10 Å². The highest BCUT2D eigenvalue weighted by atomic mass is 32.2. The zero-order valence-electron chi connectivity index (χ0n) is 17.1. The maximum Gasteiger partial charge on any atom is 0.255 e. The Hall–Kier alpha value is -3.32. The van der Waals surface area contributed by atoms with Crippen LogP contribution in [0.15, 0.2) is 72.8 Å². The summed E-state index contributed by atoms with van der Waals surface area (Å²) in [5.74, 6) is 0.250. The lowest BCUT2D eigenvalue weighted by atomic mass is 10.1. The normalized spacial score (nSPS) is 11.0. The molecule has 0 bridgehead atoms. The van der Waals surface area contributed by atoms with Crippen molar-refractivity contribution in [2.24, 2.45) is 0 Å². The number of nitrogens with zero attached hydrogens (tertiary/aromatic N) is 1. The molecule has 0 saturated carbocycles. The van der Waals surface area contributed by atoms with E-state index in [-0.39, 0.29) is 12.5 Å². The highest BCUT2D eigenvalue weighted by molar-refractivity contribution is 7.92. The maximum atomic E-state index is 12.6. The molecule has 0 aromatic heterocycles. The van der Waals surface area contributed by atoms with Crippen LogP contribution in [0.5, 0.6) is 5.75 Å². The summed E-state index contributed by atoms with van der Waals surface area (Å²) >= 11 is 0. The van der Waals surface area contributed by atoms with E-state index in [1.807, 2.05) is 37.3 Å². The minimum Gasteiger partial charge on any atom is -0.495 e. The quantitative estimate of drug-likeness (QED) is 0.616. The van der Waals surface area contributed by atoms with E-state index in [1.165, 1.54) is 17.7 Å². The Morgan fingerprint density at radius 3 is 2.23 bits per heavy atom. The fraction of sp³-hybridized carbons (Fsp3) is 0.174. The van der Waals surface area contributed by atoms with E-state index >= 15 is 0 Å². The monoisotopic (exact) mass is 424 g/mol. The number of ether oxygens (including phenoxy) is 1. The highest BCUT2D eigenvalue weighted by Crippen LogP contribution is 2.25. The van der Waals surface area contributed by atoms with Crippen molar-refractivity contribution in [2.75, 3.05) is 23.0 Å². The number of carbonyl (C=O) groups excluding carboxylic acids is 1. The number of carbonyl (C=O) groups is 1. The molecule has 0 atom stereocenters. The molecule has 1 amide bonds. The molecule has 30 heavy (non-hydrogen) atoms. The number of aryl methyl sites for hydroxylation is 1. The van der Waals surface area contributed by atoms with Gasteiger partial charge in [0.05, 0.1) is 31.3 Å². The van der Waals surface area contributed by atoms with Crippen LogP contribution in [0.2, 0.25) is 0 Å². The highest BCUT2D eigenvalue weighted by Gasteiger charge is 2.19. The molecule has 3 aromatic rings. The van der Waals surface area contributed by atoms with Crippen LogP contribution in [0, 0.1) is 6.92 Å². The average molecular weight is 425 g/mol. The van der Waals surface area contributed by atoms with Crippen LogP contribution < -0.4 is 14.4 Å². The smallest absolute Gasteiger partial charge is 0.255 e. The minimum atomic E-state index is -3.51. The largest absolute Gasteiger partial charge is 0.495 e. The molecule has 6 nitrogen and oxygen atoms in total. The first kappa shape index (κ1) is 21.4. The lowest BCUT2D eigenvalue weighted by Gasteiger charge is -2.23. The second kappa shape index (κ2) is 9.00. The van der Waals surface area contributed by atoms with Gasteiger partial charge in [0.25, 0.3) is 5.91 Å². The summed E-state index contributed by atoms with van der Waals surface area (Å²) in [6.07, 6.45) is 1.17. The van der Waals surface area contributed by atoms with E-state index in [4.69, 9.17) is 4.74 Å². The Labute approximate surface area is 177 Å². The minimum absolute atomic E-state index is 0.220. The number of methoxy groups -OCH3 is 1. The molecule has 0 heterocycles. The Morgan fingerprint density at radius 1 is 0.967 bits per heavy atom. The van der Waals surface area contributed by atoms with Crippen molar-refractivity contribution in [3.05, 3.63) is 89.5 Å². The second-order valence-corrected chi connectivity index (χ2v) is 8.80. The van der Waals surface area contributed by atoms with E-state index in [1.54, 1.807) is 42.5 Å². The summed E-state index contributed by atoms with van der Waals surface area (Å²) in [6, 6.07) is 21.3. The fourth-order valence-electron chi connectivity index (χ4n) is 3.06. The third-order valence-electron chi connectivity index (χ3n) is 4.75. The standard InChI is InChI=1S/C23H24N2O4S/c1-17-8-4-5-9-19(17)16-25(30(3,27)28)20-14-12-18(13-15-20)23(26)24-21-10-6-7-11-22(21)29-2/h4-15H,16H2,1-3H3,(H,24,26).